The van der Waals surface area contributed by atoms with Crippen LogP contribution in [0.4, 0.5) is 5.82 Å². The Kier molecular flexibility index (Phi) is 6.20. The highest BCUT2D eigenvalue weighted by atomic mass is 16.5. The molecule has 1 aromatic carbocycles. The molecule has 1 aliphatic heterocycles. The smallest absolute Gasteiger partial charge is 0.242 e. The molecule has 0 radical (unpaired) electrons. The standard InChI is InChI=1S/C20H26N4O2/c1-16-15-19(22-26-16)21-20(25)17(2)24-13-11-23(12-14-24)10-6-9-18-7-4-3-5-8-18/h3-9,15,17H,10-14H2,1-2H3,(H,21,22,25)/b9-6+/t17-/m1/s1. The summed E-state index contributed by atoms with van der Waals surface area (Å²) in [5, 5.41) is 6.63. The van der Waals surface area contributed by atoms with Gasteiger partial charge in [-0.3, -0.25) is 14.6 Å². The maximum Gasteiger partial charge on any atom is 0.242 e. The van der Waals surface area contributed by atoms with Crippen LogP contribution in [-0.2, 0) is 4.79 Å². The number of benzene rings is 1. The van der Waals surface area contributed by atoms with Crippen LogP contribution in [0.15, 0.2) is 47.0 Å². The van der Waals surface area contributed by atoms with E-state index in [1.807, 2.05) is 25.1 Å². The maximum atomic E-state index is 12.4. The third-order valence-corrected chi connectivity index (χ3v) is 4.69. The third kappa shape index (κ3) is 5.03. The molecule has 6 heteroatoms. The minimum Gasteiger partial charge on any atom is -0.360 e. The minimum absolute atomic E-state index is 0.0456. The Morgan fingerprint density at radius 3 is 2.65 bits per heavy atom. The number of aryl methyl sites for hydroxylation is 1. The van der Waals surface area contributed by atoms with Crippen molar-refractivity contribution >= 4 is 17.8 Å². The second-order valence-electron chi connectivity index (χ2n) is 6.64. The van der Waals surface area contributed by atoms with Crippen molar-refractivity contribution < 1.29 is 9.32 Å². The van der Waals surface area contributed by atoms with E-state index < -0.39 is 0 Å². The summed E-state index contributed by atoms with van der Waals surface area (Å²) in [5.41, 5.74) is 1.22. The second-order valence-corrected chi connectivity index (χ2v) is 6.64. The van der Waals surface area contributed by atoms with Crippen LogP contribution < -0.4 is 5.32 Å². The van der Waals surface area contributed by atoms with Gasteiger partial charge in [-0.15, -0.1) is 0 Å². The summed E-state index contributed by atoms with van der Waals surface area (Å²) >= 11 is 0. The number of rotatable bonds is 6. The summed E-state index contributed by atoms with van der Waals surface area (Å²) in [4.78, 5) is 17.0. The van der Waals surface area contributed by atoms with E-state index in [0.29, 0.717) is 11.6 Å². The van der Waals surface area contributed by atoms with Crippen molar-refractivity contribution in [1.82, 2.24) is 15.0 Å². The fraction of sp³-hybridized carbons (Fsp3) is 0.400. The van der Waals surface area contributed by atoms with Gasteiger partial charge in [0.05, 0.1) is 6.04 Å². The van der Waals surface area contributed by atoms with Gasteiger partial charge in [0.2, 0.25) is 5.91 Å². The first kappa shape index (κ1) is 18.4. The Morgan fingerprint density at radius 2 is 2.00 bits per heavy atom. The molecule has 1 aliphatic rings. The van der Waals surface area contributed by atoms with Crippen molar-refractivity contribution in [3.05, 3.63) is 53.8 Å². The lowest BCUT2D eigenvalue weighted by Gasteiger charge is -2.36. The Hall–Kier alpha value is -2.44. The minimum atomic E-state index is -0.186. The van der Waals surface area contributed by atoms with Crippen molar-refractivity contribution in [2.24, 2.45) is 0 Å². The monoisotopic (exact) mass is 354 g/mol. The molecule has 26 heavy (non-hydrogen) atoms. The van der Waals surface area contributed by atoms with E-state index in [2.05, 4.69) is 44.6 Å². The first-order valence-corrected chi connectivity index (χ1v) is 9.04. The average Bonchev–Trinajstić information content (AvgIpc) is 3.07. The van der Waals surface area contributed by atoms with Gasteiger partial charge in [0.25, 0.3) is 0 Å². The van der Waals surface area contributed by atoms with Crippen molar-refractivity contribution in [2.75, 3.05) is 38.0 Å². The zero-order valence-corrected chi connectivity index (χ0v) is 15.4. The molecule has 0 saturated carbocycles. The molecule has 138 valence electrons. The predicted octanol–water partition coefficient (Wildman–Crippen LogP) is 2.64. The molecule has 2 heterocycles. The van der Waals surface area contributed by atoms with E-state index in [4.69, 9.17) is 4.52 Å². The average molecular weight is 354 g/mol. The van der Waals surface area contributed by atoms with Gasteiger partial charge in [-0.2, -0.15) is 0 Å². The molecule has 1 atom stereocenters. The van der Waals surface area contributed by atoms with Crippen LogP contribution in [0.25, 0.3) is 6.08 Å². The maximum absolute atomic E-state index is 12.4. The Morgan fingerprint density at radius 1 is 1.27 bits per heavy atom. The number of hydrogen-bond acceptors (Lipinski definition) is 5. The van der Waals surface area contributed by atoms with E-state index in [9.17, 15) is 4.79 Å². The molecule has 0 bridgehead atoms. The number of nitrogens with one attached hydrogen (secondary N) is 1. The van der Waals surface area contributed by atoms with Gasteiger partial charge in [-0.05, 0) is 19.4 Å². The highest BCUT2D eigenvalue weighted by molar-refractivity contribution is 5.93. The molecule has 6 nitrogen and oxygen atoms in total. The second kappa shape index (κ2) is 8.78. The Bertz CT molecular complexity index is 733. The molecular weight excluding hydrogens is 328 g/mol. The van der Waals surface area contributed by atoms with Crippen LogP contribution in [0.5, 0.6) is 0 Å². The number of carbonyl (C=O) groups is 1. The van der Waals surface area contributed by atoms with Gasteiger partial charge in [-0.25, -0.2) is 0 Å². The van der Waals surface area contributed by atoms with E-state index in [-0.39, 0.29) is 11.9 Å². The number of nitrogens with zero attached hydrogens (tertiary/aromatic N) is 3. The molecule has 2 aromatic rings. The first-order chi connectivity index (χ1) is 12.6. The van der Waals surface area contributed by atoms with Crippen molar-refractivity contribution in [1.29, 1.82) is 0 Å². The molecule has 1 fully saturated rings. The SMILES string of the molecule is Cc1cc(NC(=O)[C@@H](C)N2CCN(C/C=C/c3ccccc3)CC2)no1. The summed E-state index contributed by atoms with van der Waals surface area (Å²) in [6.07, 6.45) is 4.36. The Balaban J connectivity index is 1.42. The molecule has 1 amide bonds. The quantitative estimate of drug-likeness (QED) is 0.864. The topological polar surface area (TPSA) is 61.6 Å². The van der Waals surface area contributed by atoms with Crippen LogP contribution in [0.1, 0.15) is 18.2 Å². The molecule has 0 aliphatic carbocycles. The van der Waals surface area contributed by atoms with Gasteiger partial charge in [0.1, 0.15) is 5.76 Å². The molecule has 1 aromatic heterocycles. The molecule has 0 spiro atoms. The van der Waals surface area contributed by atoms with Gasteiger partial charge in [0, 0.05) is 38.8 Å². The van der Waals surface area contributed by atoms with E-state index >= 15 is 0 Å². The van der Waals surface area contributed by atoms with Crippen LogP contribution in [0.3, 0.4) is 0 Å². The summed E-state index contributed by atoms with van der Waals surface area (Å²) in [5.74, 6) is 1.12. The highest BCUT2D eigenvalue weighted by Crippen LogP contribution is 2.11. The number of hydrogen-bond donors (Lipinski definition) is 1. The van der Waals surface area contributed by atoms with Crippen LogP contribution >= 0.6 is 0 Å². The van der Waals surface area contributed by atoms with Gasteiger partial charge in [0.15, 0.2) is 5.82 Å². The molecule has 0 unspecified atom stereocenters. The number of amides is 1. The summed E-state index contributed by atoms with van der Waals surface area (Å²) < 4.78 is 4.98. The summed E-state index contributed by atoms with van der Waals surface area (Å²) in [7, 11) is 0. The third-order valence-electron chi connectivity index (χ3n) is 4.69. The normalized spacial score (nSPS) is 17.5. The lowest BCUT2D eigenvalue weighted by atomic mass is 10.2. The number of piperazine rings is 1. The number of carbonyl (C=O) groups excluding carboxylic acids is 1. The summed E-state index contributed by atoms with van der Waals surface area (Å²) in [6.45, 7) is 8.35. The van der Waals surface area contributed by atoms with E-state index in [1.54, 1.807) is 13.0 Å². The van der Waals surface area contributed by atoms with Crippen LogP contribution in [0.2, 0.25) is 0 Å². The fourth-order valence-electron chi connectivity index (χ4n) is 3.06. The highest BCUT2D eigenvalue weighted by Gasteiger charge is 2.25. The lowest BCUT2D eigenvalue weighted by Crippen LogP contribution is -2.52. The van der Waals surface area contributed by atoms with Gasteiger partial charge >= 0.3 is 0 Å². The molecule has 1 saturated heterocycles. The fourth-order valence-corrected chi connectivity index (χ4v) is 3.06. The van der Waals surface area contributed by atoms with Crippen molar-refractivity contribution in [3.63, 3.8) is 0 Å². The first-order valence-electron chi connectivity index (χ1n) is 9.04. The van der Waals surface area contributed by atoms with E-state index in [0.717, 1.165) is 32.7 Å². The largest absolute Gasteiger partial charge is 0.360 e. The van der Waals surface area contributed by atoms with Gasteiger partial charge in [-0.1, -0.05) is 47.6 Å². The lowest BCUT2D eigenvalue weighted by molar-refractivity contribution is -0.121. The van der Waals surface area contributed by atoms with Crippen molar-refractivity contribution in [2.45, 2.75) is 19.9 Å². The number of aromatic nitrogens is 1. The predicted molar refractivity (Wildman–Crippen MR) is 103 cm³/mol. The van der Waals surface area contributed by atoms with Crippen LogP contribution in [0, 0.1) is 6.92 Å². The van der Waals surface area contributed by atoms with Gasteiger partial charge < -0.3 is 9.84 Å². The molecular formula is C20H26N4O2. The zero-order valence-electron chi connectivity index (χ0n) is 15.4. The van der Waals surface area contributed by atoms with E-state index in [1.165, 1.54) is 5.56 Å². The number of anilines is 1. The Labute approximate surface area is 154 Å². The zero-order chi connectivity index (χ0) is 18.4. The molecule has 3 rings (SSSR count). The summed E-state index contributed by atoms with van der Waals surface area (Å²) in [6, 6.07) is 11.9. The van der Waals surface area contributed by atoms with Crippen molar-refractivity contribution in [3.8, 4) is 0 Å². The molecule has 1 N–H and O–H groups in total. The van der Waals surface area contributed by atoms with Crippen LogP contribution in [-0.4, -0.2) is 59.6 Å².